The average molecular weight is 405 g/mol. The van der Waals surface area contributed by atoms with Crippen LogP contribution in [0.15, 0.2) is 22.7 Å². The summed E-state index contributed by atoms with van der Waals surface area (Å²) in [5, 5.41) is 2.95. The molecule has 0 bridgehead atoms. The zero-order chi connectivity index (χ0) is 17.7. The van der Waals surface area contributed by atoms with Crippen molar-refractivity contribution in [2.75, 3.05) is 13.1 Å². The minimum atomic E-state index is -2.84. The summed E-state index contributed by atoms with van der Waals surface area (Å²) in [7, 11) is 0. The lowest BCUT2D eigenvalue weighted by molar-refractivity contribution is -0.127. The van der Waals surface area contributed by atoms with Crippen LogP contribution in [0, 0.1) is 5.92 Å². The van der Waals surface area contributed by atoms with Gasteiger partial charge in [0.1, 0.15) is 5.75 Å². The molecule has 0 radical (unpaired) electrons. The van der Waals surface area contributed by atoms with Gasteiger partial charge in [0.15, 0.2) is 0 Å². The van der Waals surface area contributed by atoms with E-state index in [1.54, 1.807) is 18.2 Å². The van der Waals surface area contributed by atoms with Gasteiger partial charge in [-0.2, -0.15) is 8.78 Å². The Kier molecular flexibility index (Phi) is 6.98. The predicted octanol–water partition coefficient (Wildman–Crippen LogP) is 3.79. The molecule has 1 fully saturated rings. The smallest absolute Gasteiger partial charge is 0.387 e. The number of likely N-dealkylation sites (tertiary alicyclic amines) is 1. The highest BCUT2D eigenvalue weighted by Gasteiger charge is 2.26. The van der Waals surface area contributed by atoms with E-state index in [1.807, 2.05) is 13.8 Å². The van der Waals surface area contributed by atoms with Crippen LogP contribution in [-0.2, 0) is 11.3 Å². The van der Waals surface area contributed by atoms with Gasteiger partial charge in [-0.15, -0.1) is 0 Å². The minimum absolute atomic E-state index is 0.0305. The summed E-state index contributed by atoms with van der Waals surface area (Å²) < 4.78 is 30.5. The summed E-state index contributed by atoms with van der Waals surface area (Å²) in [5.74, 6) is 0.338. The molecule has 1 aliphatic heterocycles. The molecule has 4 nitrogen and oxygen atoms in total. The van der Waals surface area contributed by atoms with Gasteiger partial charge in [0.05, 0.1) is 0 Å². The zero-order valence-electron chi connectivity index (χ0n) is 13.9. The van der Waals surface area contributed by atoms with Crippen LogP contribution in [-0.4, -0.2) is 36.5 Å². The molecule has 0 unspecified atom stereocenters. The Bertz CT molecular complexity index is 562. The third kappa shape index (κ3) is 5.70. The molecule has 1 amide bonds. The number of piperidine rings is 1. The number of nitrogens with zero attached hydrogens (tertiary/aromatic N) is 1. The number of alkyl halides is 2. The third-order valence-electron chi connectivity index (χ3n) is 4.02. The van der Waals surface area contributed by atoms with E-state index in [0.29, 0.717) is 6.54 Å². The monoisotopic (exact) mass is 404 g/mol. The fourth-order valence-corrected chi connectivity index (χ4v) is 3.29. The van der Waals surface area contributed by atoms with Crippen LogP contribution in [0.3, 0.4) is 0 Å². The van der Waals surface area contributed by atoms with Gasteiger partial charge in [-0.05, 0) is 58.0 Å². The number of carbonyl (C=O) groups excluding carboxylic acids is 1. The third-order valence-corrected chi connectivity index (χ3v) is 4.52. The summed E-state index contributed by atoms with van der Waals surface area (Å²) in [4.78, 5) is 14.2. The second-order valence-corrected chi connectivity index (χ2v) is 7.26. The van der Waals surface area contributed by atoms with E-state index in [-0.39, 0.29) is 23.6 Å². The quantitative estimate of drug-likeness (QED) is 0.783. The average Bonchev–Trinajstić information content (AvgIpc) is 2.49. The molecule has 134 valence electrons. The number of carbonyl (C=O) groups is 1. The Hall–Kier alpha value is -1.21. The molecular formula is C17H23BrF2N2O2. The van der Waals surface area contributed by atoms with E-state index in [4.69, 9.17) is 0 Å². The minimum Gasteiger partial charge on any atom is -0.434 e. The molecule has 7 heteroatoms. The van der Waals surface area contributed by atoms with E-state index in [0.717, 1.165) is 36.0 Å². The van der Waals surface area contributed by atoms with Crippen LogP contribution in [0.2, 0.25) is 0 Å². The van der Waals surface area contributed by atoms with Crippen molar-refractivity contribution >= 4 is 21.8 Å². The Balaban J connectivity index is 1.94. The molecular weight excluding hydrogens is 382 g/mol. The second kappa shape index (κ2) is 8.76. The van der Waals surface area contributed by atoms with Gasteiger partial charge in [-0.25, -0.2) is 0 Å². The van der Waals surface area contributed by atoms with Gasteiger partial charge in [0, 0.05) is 28.5 Å². The Morgan fingerprint density at radius 2 is 2.04 bits per heavy atom. The maximum atomic E-state index is 12.5. The lowest BCUT2D eigenvalue weighted by Gasteiger charge is -2.32. The van der Waals surface area contributed by atoms with Crippen molar-refractivity contribution < 1.29 is 18.3 Å². The predicted molar refractivity (Wildman–Crippen MR) is 92.1 cm³/mol. The van der Waals surface area contributed by atoms with E-state index >= 15 is 0 Å². The standard InChI is InChI=1S/C17H23BrF2N2O2/c1-11(2)21-16(23)12-5-7-22(8-6-12)10-13-9-14(18)3-4-15(13)24-17(19)20/h3-4,9,11-12,17H,5-8,10H2,1-2H3,(H,21,23). The first kappa shape index (κ1) is 19.1. The topological polar surface area (TPSA) is 41.6 Å². The fraction of sp³-hybridized carbons (Fsp3) is 0.588. The van der Waals surface area contributed by atoms with E-state index in [1.165, 1.54) is 0 Å². The van der Waals surface area contributed by atoms with E-state index < -0.39 is 6.61 Å². The molecule has 0 aromatic heterocycles. The van der Waals surface area contributed by atoms with Gasteiger partial charge in [0.2, 0.25) is 5.91 Å². The van der Waals surface area contributed by atoms with Crippen molar-refractivity contribution in [2.24, 2.45) is 5.92 Å². The molecule has 1 saturated heterocycles. The largest absolute Gasteiger partial charge is 0.434 e. The Labute approximate surface area is 149 Å². The summed E-state index contributed by atoms with van der Waals surface area (Å²) in [6, 6.07) is 5.18. The van der Waals surface area contributed by atoms with Crippen LogP contribution in [0.1, 0.15) is 32.3 Å². The van der Waals surface area contributed by atoms with Gasteiger partial charge in [0.25, 0.3) is 0 Å². The lowest BCUT2D eigenvalue weighted by Crippen LogP contribution is -2.42. The highest BCUT2D eigenvalue weighted by molar-refractivity contribution is 9.10. The number of benzene rings is 1. The van der Waals surface area contributed by atoms with Crippen molar-refractivity contribution in [1.29, 1.82) is 0 Å². The highest BCUT2D eigenvalue weighted by Crippen LogP contribution is 2.28. The summed E-state index contributed by atoms with van der Waals surface area (Å²) >= 11 is 3.36. The fourth-order valence-electron chi connectivity index (χ4n) is 2.88. The van der Waals surface area contributed by atoms with Gasteiger partial charge < -0.3 is 10.1 Å². The van der Waals surface area contributed by atoms with Crippen LogP contribution >= 0.6 is 15.9 Å². The maximum Gasteiger partial charge on any atom is 0.387 e. The van der Waals surface area contributed by atoms with Crippen molar-refractivity contribution in [2.45, 2.75) is 45.9 Å². The number of hydrogen-bond donors (Lipinski definition) is 1. The Morgan fingerprint density at radius 1 is 1.38 bits per heavy atom. The first-order chi connectivity index (χ1) is 11.3. The van der Waals surface area contributed by atoms with Crippen LogP contribution in [0.4, 0.5) is 8.78 Å². The zero-order valence-corrected chi connectivity index (χ0v) is 15.5. The molecule has 1 aliphatic rings. The van der Waals surface area contributed by atoms with Crippen molar-refractivity contribution in [3.8, 4) is 5.75 Å². The van der Waals surface area contributed by atoms with Crippen molar-refractivity contribution in [3.05, 3.63) is 28.2 Å². The molecule has 0 spiro atoms. The number of rotatable bonds is 6. The van der Waals surface area contributed by atoms with Crippen LogP contribution in [0.5, 0.6) is 5.75 Å². The van der Waals surface area contributed by atoms with Crippen molar-refractivity contribution in [1.82, 2.24) is 10.2 Å². The number of hydrogen-bond acceptors (Lipinski definition) is 3. The molecule has 0 aliphatic carbocycles. The molecule has 2 rings (SSSR count). The number of ether oxygens (including phenoxy) is 1. The second-order valence-electron chi connectivity index (χ2n) is 6.34. The molecule has 1 N–H and O–H groups in total. The molecule has 1 aromatic rings. The van der Waals surface area contributed by atoms with Gasteiger partial charge in [-0.3, -0.25) is 9.69 Å². The summed E-state index contributed by atoms with van der Waals surface area (Å²) in [6.07, 6.45) is 1.55. The molecule has 24 heavy (non-hydrogen) atoms. The number of halogens is 3. The van der Waals surface area contributed by atoms with Crippen LogP contribution < -0.4 is 10.1 Å². The van der Waals surface area contributed by atoms with Crippen LogP contribution in [0.25, 0.3) is 0 Å². The van der Waals surface area contributed by atoms with E-state index in [9.17, 15) is 13.6 Å². The molecule has 0 atom stereocenters. The van der Waals surface area contributed by atoms with Gasteiger partial charge in [-0.1, -0.05) is 15.9 Å². The van der Waals surface area contributed by atoms with E-state index in [2.05, 4.69) is 30.9 Å². The molecule has 1 aromatic carbocycles. The summed E-state index contributed by atoms with van der Waals surface area (Å²) in [6.45, 7) is 3.11. The molecule has 0 saturated carbocycles. The first-order valence-electron chi connectivity index (χ1n) is 8.11. The first-order valence-corrected chi connectivity index (χ1v) is 8.90. The Morgan fingerprint density at radius 3 is 2.62 bits per heavy atom. The highest BCUT2D eigenvalue weighted by atomic mass is 79.9. The maximum absolute atomic E-state index is 12.5. The summed E-state index contributed by atoms with van der Waals surface area (Å²) in [5.41, 5.74) is 0.717. The normalized spacial score (nSPS) is 16.6. The molecule has 1 heterocycles. The SMILES string of the molecule is CC(C)NC(=O)C1CCN(Cc2cc(Br)ccc2OC(F)F)CC1. The number of nitrogens with one attached hydrogen (secondary N) is 1. The lowest BCUT2D eigenvalue weighted by atomic mass is 9.95. The van der Waals surface area contributed by atoms with Gasteiger partial charge >= 0.3 is 6.61 Å². The van der Waals surface area contributed by atoms with Crippen molar-refractivity contribution in [3.63, 3.8) is 0 Å². The number of amides is 1.